The van der Waals surface area contributed by atoms with Crippen LogP contribution >= 0.6 is 0 Å². The van der Waals surface area contributed by atoms with Crippen LogP contribution in [0.25, 0.3) is 0 Å². The number of allylic oxidation sites excluding steroid dienone is 2. The quantitative estimate of drug-likeness (QED) is 0.365. The average Bonchev–Trinajstić information content (AvgIpc) is 2.36. The number of carbonyl (C=O) groups excluding carboxylic acids is 2. The van der Waals surface area contributed by atoms with Gasteiger partial charge in [0.05, 0.1) is 13.2 Å². The minimum Gasteiger partial charge on any atom is -0.458 e. The molecule has 0 saturated heterocycles. The summed E-state index contributed by atoms with van der Waals surface area (Å²) < 4.78 is 9.53. The van der Waals surface area contributed by atoms with Gasteiger partial charge in [0.2, 0.25) is 0 Å². The second-order valence-electron chi connectivity index (χ2n) is 6.62. The third-order valence-corrected chi connectivity index (χ3v) is 3.14. The molecule has 0 aliphatic carbocycles. The van der Waals surface area contributed by atoms with Crippen molar-refractivity contribution in [3.05, 3.63) is 11.6 Å². The zero-order chi connectivity index (χ0) is 17.1. The Morgan fingerprint density at radius 3 is 2.05 bits per heavy atom. The minimum absolute atomic E-state index is 0.183. The minimum atomic E-state index is -0.907. The van der Waals surface area contributed by atoms with Crippen LogP contribution < -0.4 is 0 Å². The lowest BCUT2D eigenvalue weighted by molar-refractivity contribution is -0.167. The fraction of sp³-hybridized carbons (Fsp3) is 0.778. The molecule has 0 aromatic heterocycles. The van der Waals surface area contributed by atoms with Gasteiger partial charge >= 0.3 is 11.9 Å². The van der Waals surface area contributed by atoms with Crippen molar-refractivity contribution < 1.29 is 19.1 Å². The Labute approximate surface area is 135 Å². The van der Waals surface area contributed by atoms with Gasteiger partial charge in [-0.3, -0.25) is 0 Å². The van der Waals surface area contributed by atoms with Crippen molar-refractivity contribution in [2.45, 2.75) is 60.8 Å². The van der Waals surface area contributed by atoms with Gasteiger partial charge in [-0.2, -0.15) is 0 Å². The van der Waals surface area contributed by atoms with Crippen molar-refractivity contribution in [3.8, 4) is 0 Å². The van der Waals surface area contributed by atoms with E-state index in [1.807, 2.05) is 0 Å². The monoisotopic (exact) mass is 312 g/mol. The van der Waals surface area contributed by atoms with Gasteiger partial charge in [-0.25, -0.2) is 9.59 Å². The van der Waals surface area contributed by atoms with E-state index < -0.39 is 11.9 Å². The maximum absolute atomic E-state index is 11.3. The molecule has 0 spiro atoms. The number of ether oxygens (including phenoxy) is 2. The van der Waals surface area contributed by atoms with E-state index in [0.717, 1.165) is 19.3 Å². The molecule has 0 radical (unpaired) electrons. The van der Waals surface area contributed by atoms with Crippen LogP contribution in [0.3, 0.4) is 0 Å². The first-order valence-electron chi connectivity index (χ1n) is 8.29. The summed E-state index contributed by atoms with van der Waals surface area (Å²) in [5.41, 5.74) is 1.47. The first kappa shape index (κ1) is 20.7. The molecule has 128 valence electrons. The molecule has 0 aliphatic heterocycles. The van der Waals surface area contributed by atoms with Crippen LogP contribution in [-0.2, 0) is 19.1 Å². The number of rotatable bonds is 9. The molecular weight excluding hydrogens is 280 g/mol. The first-order valence-corrected chi connectivity index (χ1v) is 8.29. The molecule has 4 nitrogen and oxygen atoms in total. The molecule has 0 aromatic carbocycles. The zero-order valence-electron chi connectivity index (χ0n) is 15.0. The van der Waals surface area contributed by atoms with Crippen LogP contribution in [0.2, 0.25) is 0 Å². The highest BCUT2D eigenvalue weighted by Crippen LogP contribution is 2.22. The molecule has 0 N–H and O–H groups in total. The largest absolute Gasteiger partial charge is 0.458 e. The Balaban J connectivity index is 4.22. The van der Waals surface area contributed by atoms with Crippen molar-refractivity contribution in [2.75, 3.05) is 13.2 Å². The van der Waals surface area contributed by atoms with Gasteiger partial charge in [0.25, 0.3) is 0 Å². The van der Waals surface area contributed by atoms with Crippen LogP contribution in [0.15, 0.2) is 11.6 Å². The molecule has 22 heavy (non-hydrogen) atoms. The summed E-state index contributed by atoms with van der Waals surface area (Å²) in [5, 5.41) is 0. The molecule has 0 bridgehead atoms. The highest BCUT2D eigenvalue weighted by molar-refractivity contribution is 6.29. The number of hydrogen-bond donors (Lipinski definition) is 0. The van der Waals surface area contributed by atoms with E-state index in [4.69, 9.17) is 4.74 Å². The molecular formula is C18H32O4. The van der Waals surface area contributed by atoms with Gasteiger partial charge in [0, 0.05) is 0 Å². The SMILES string of the molecule is CCOC(=O)C(=O)OCCC(C)CC(=CC(C)C)CC(C)C. The summed E-state index contributed by atoms with van der Waals surface area (Å²) >= 11 is 0. The Kier molecular flexibility index (Phi) is 10.6. The number of hydrogen-bond acceptors (Lipinski definition) is 4. The molecule has 0 amide bonds. The van der Waals surface area contributed by atoms with Crippen LogP contribution in [0.5, 0.6) is 0 Å². The first-order chi connectivity index (χ1) is 10.3. The molecule has 1 unspecified atom stereocenters. The maximum atomic E-state index is 11.3. The van der Waals surface area contributed by atoms with Gasteiger partial charge in [-0.05, 0) is 43.9 Å². The van der Waals surface area contributed by atoms with E-state index >= 15 is 0 Å². The van der Waals surface area contributed by atoms with Crippen molar-refractivity contribution in [3.63, 3.8) is 0 Å². The van der Waals surface area contributed by atoms with E-state index in [1.54, 1.807) is 6.92 Å². The van der Waals surface area contributed by atoms with Crippen molar-refractivity contribution in [1.82, 2.24) is 0 Å². The van der Waals surface area contributed by atoms with Crippen molar-refractivity contribution in [2.24, 2.45) is 17.8 Å². The molecule has 0 fully saturated rings. The van der Waals surface area contributed by atoms with Crippen LogP contribution in [0, 0.1) is 17.8 Å². The summed E-state index contributed by atoms with van der Waals surface area (Å²) in [4.78, 5) is 22.5. The second kappa shape index (κ2) is 11.3. The molecule has 4 heteroatoms. The lowest BCUT2D eigenvalue weighted by Crippen LogP contribution is -2.21. The highest BCUT2D eigenvalue weighted by Gasteiger charge is 2.17. The van der Waals surface area contributed by atoms with Gasteiger partial charge in [-0.15, -0.1) is 0 Å². The predicted octanol–water partition coefficient (Wildman–Crippen LogP) is 4.14. The van der Waals surface area contributed by atoms with E-state index in [-0.39, 0.29) is 13.2 Å². The summed E-state index contributed by atoms with van der Waals surface area (Å²) in [5.74, 6) is -0.204. The fourth-order valence-electron chi connectivity index (χ4n) is 2.37. The molecule has 0 heterocycles. The summed E-state index contributed by atoms with van der Waals surface area (Å²) in [6.45, 7) is 13.1. The average molecular weight is 312 g/mol. The third-order valence-electron chi connectivity index (χ3n) is 3.14. The van der Waals surface area contributed by atoms with Gasteiger partial charge in [0.1, 0.15) is 0 Å². The Morgan fingerprint density at radius 1 is 0.955 bits per heavy atom. The highest BCUT2D eigenvalue weighted by atomic mass is 16.6. The summed E-state index contributed by atoms with van der Waals surface area (Å²) in [6, 6.07) is 0. The number of carbonyl (C=O) groups is 2. The Morgan fingerprint density at radius 2 is 1.55 bits per heavy atom. The Bertz CT molecular complexity index is 369. The molecule has 1 atom stereocenters. The van der Waals surface area contributed by atoms with Crippen LogP contribution in [0.4, 0.5) is 0 Å². The third kappa shape index (κ3) is 10.4. The summed E-state index contributed by atoms with van der Waals surface area (Å²) in [7, 11) is 0. The van der Waals surface area contributed by atoms with E-state index in [9.17, 15) is 9.59 Å². The zero-order valence-corrected chi connectivity index (χ0v) is 15.0. The van der Waals surface area contributed by atoms with E-state index in [0.29, 0.717) is 17.8 Å². The second-order valence-corrected chi connectivity index (χ2v) is 6.62. The van der Waals surface area contributed by atoms with Gasteiger partial charge in [-0.1, -0.05) is 46.3 Å². The van der Waals surface area contributed by atoms with Gasteiger partial charge < -0.3 is 9.47 Å². The van der Waals surface area contributed by atoms with Crippen LogP contribution in [0.1, 0.15) is 60.8 Å². The van der Waals surface area contributed by atoms with Crippen LogP contribution in [-0.4, -0.2) is 25.2 Å². The lowest BCUT2D eigenvalue weighted by Gasteiger charge is -2.17. The molecule has 0 rings (SSSR count). The smallest absolute Gasteiger partial charge is 0.417 e. The predicted molar refractivity (Wildman–Crippen MR) is 88.4 cm³/mol. The van der Waals surface area contributed by atoms with E-state index in [1.165, 1.54) is 5.57 Å². The number of esters is 2. The topological polar surface area (TPSA) is 52.6 Å². The summed E-state index contributed by atoms with van der Waals surface area (Å²) in [6.07, 6.45) is 5.19. The van der Waals surface area contributed by atoms with Crippen molar-refractivity contribution >= 4 is 11.9 Å². The molecule has 0 saturated carbocycles. The van der Waals surface area contributed by atoms with E-state index in [2.05, 4.69) is 45.4 Å². The van der Waals surface area contributed by atoms with Gasteiger partial charge in [0.15, 0.2) is 0 Å². The molecule has 0 aliphatic rings. The van der Waals surface area contributed by atoms with Crippen molar-refractivity contribution in [1.29, 1.82) is 0 Å². The normalized spacial score (nSPS) is 13.4. The maximum Gasteiger partial charge on any atom is 0.417 e. The Hall–Kier alpha value is -1.32. The standard InChI is InChI=1S/C18H32O4/c1-7-21-17(19)18(20)22-9-8-15(6)12-16(10-13(2)3)11-14(4)5/h10,13-15H,7-9,11-12H2,1-6H3. The lowest BCUT2D eigenvalue weighted by atomic mass is 9.91. The fourth-order valence-corrected chi connectivity index (χ4v) is 2.37. The molecule has 0 aromatic rings.